The van der Waals surface area contributed by atoms with E-state index in [1.807, 2.05) is 20.2 Å². The second-order valence-electron chi connectivity index (χ2n) is 2.88. The van der Waals surface area contributed by atoms with Gasteiger partial charge in [-0.25, -0.2) is 0 Å². The van der Waals surface area contributed by atoms with Crippen molar-refractivity contribution < 1.29 is 4.79 Å². The molecule has 0 aliphatic carbocycles. The second-order valence-corrected chi connectivity index (χ2v) is 2.88. The molecule has 0 bridgehead atoms. The van der Waals surface area contributed by atoms with Gasteiger partial charge in [0.1, 0.15) is 0 Å². The van der Waals surface area contributed by atoms with Gasteiger partial charge in [0, 0.05) is 18.8 Å². The summed E-state index contributed by atoms with van der Waals surface area (Å²) in [5.74, 6) is -0.170. The van der Waals surface area contributed by atoms with Crippen LogP contribution in [0.3, 0.4) is 0 Å². The summed E-state index contributed by atoms with van der Waals surface area (Å²) in [6.07, 6.45) is 4.86. The van der Waals surface area contributed by atoms with Crippen molar-refractivity contribution in [2.45, 2.75) is 13.0 Å². The number of rotatable bonds is 3. The molecule has 0 aliphatic rings. The molecule has 13 heavy (non-hydrogen) atoms. The molecule has 0 aromatic carbocycles. The molecule has 1 heterocycles. The summed E-state index contributed by atoms with van der Waals surface area (Å²) in [5.41, 5.74) is 0.984. The third-order valence-corrected chi connectivity index (χ3v) is 1.77. The molecule has 1 rings (SSSR count). The fourth-order valence-corrected chi connectivity index (χ4v) is 1.02. The van der Waals surface area contributed by atoms with Crippen LogP contribution in [0, 0.1) is 0 Å². The van der Waals surface area contributed by atoms with E-state index in [0.717, 1.165) is 5.56 Å². The number of carbonyl (C=O) groups excluding carboxylic acids is 1. The van der Waals surface area contributed by atoms with E-state index in [-0.39, 0.29) is 11.9 Å². The Balaban J connectivity index is 2.63. The Hall–Kier alpha value is -1.58. The molecule has 4 heteroatoms. The first-order chi connectivity index (χ1) is 6.13. The fourth-order valence-electron chi connectivity index (χ4n) is 1.02. The maximum Gasteiger partial charge on any atom is 0.243 e. The van der Waals surface area contributed by atoms with Crippen LogP contribution in [-0.2, 0) is 11.8 Å². The highest BCUT2D eigenvalue weighted by Crippen LogP contribution is 2.09. The van der Waals surface area contributed by atoms with Crippen LogP contribution in [-0.4, -0.2) is 15.7 Å². The van der Waals surface area contributed by atoms with Gasteiger partial charge in [-0.15, -0.1) is 0 Å². The number of carbonyl (C=O) groups is 1. The number of nitrogens with one attached hydrogen (secondary N) is 1. The average molecular weight is 179 g/mol. The lowest BCUT2D eigenvalue weighted by Gasteiger charge is -2.09. The van der Waals surface area contributed by atoms with Crippen molar-refractivity contribution in [1.82, 2.24) is 15.1 Å². The van der Waals surface area contributed by atoms with Gasteiger partial charge in [0.15, 0.2) is 0 Å². The summed E-state index contributed by atoms with van der Waals surface area (Å²) in [4.78, 5) is 10.9. The Bertz CT molecular complexity index is 316. The normalized spacial score (nSPS) is 12.2. The Labute approximate surface area is 77.3 Å². The minimum atomic E-state index is -0.170. The molecule has 0 unspecified atom stereocenters. The van der Waals surface area contributed by atoms with E-state index < -0.39 is 0 Å². The summed E-state index contributed by atoms with van der Waals surface area (Å²) >= 11 is 0. The van der Waals surface area contributed by atoms with Crippen molar-refractivity contribution in [3.63, 3.8) is 0 Å². The van der Waals surface area contributed by atoms with Crippen molar-refractivity contribution >= 4 is 5.91 Å². The van der Waals surface area contributed by atoms with Crippen LogP contribution >= 0.6 is 0 Å². The number of amides is 1. The van der Waals surface area contributed by atoms with Crippen LogP contribution in [0.15, 0.2) is 25.0 Å². The largest absolute Gasteiger partial charge is 0.346 e. The average Bonchev–Trinajstić information content (AvgIpc) is 2.51. The van der Waals surface area contributed by atoms with E-state index in [0.29, 0.717) is 0 Å². The third kappa shape index (κ3) is 2.43. The van der Waals surface area contributed by atoms with E-state index in [1.54, 1.807) is 10.9 Å². The predicted molar refractivity (Wildman–Crippen MR) is 50.0 cm³/mol. The first-order valence-electron chi connectivity index (χ1n) is 4.05. The van der Waals surface area contributed by atoms with E-state index in [2.05, 4.69) is 17.0 Å². The first-order valence-corrected chi connectivity index (χ1v) is 4.05. The van der Waals surface area contributed by atoms with Crippen molar-refractivity contribution in [3.05, 3.63) is 30.6 Å². The van der Waals surface area contributed by atoms with E-state index >= 15 is 0 Å². The summed E-state index contributed by atoms with van der Waals surface area (Å²) in [5, 5.41) is 6.76. The third-order valence-electron chi connectivity index (χ3n) is 1.77. The molecule has 1 amide bonds. The molecular formula is C9H13N3O. The van der Waals surface area contributed by atoms with Gasteiger partial charge in [-0.3, -0.25) is 9.48 Å². The summed E-state index contributed by atoms with van der Waals surface area (Å²) in [6.45, 7) is 5.28. The maximum absolute atomic E-state index is 10.9. The fraction of sp³-hybridized carbons (Fsp3) is 0.333. The Morgan fingerprint density at radius 3 is 3.00 bits per heavy atom. The van der Waals surface area contributed by atoms with E-state index in [4.69, 9.17) is 0 Å². The van der Waals surface area contributed by atoms with Crippen molar-refractivity contribution in [2.24, 2.45) is 7.05 Å². The second kappa shape index (κ2) is 3.89. The SMILES string of the molecule is C=CC(=O)N[C@H](C)c1cnn(C)c1. The van der Waals surface area contributed by atoms with E-state index in [9.17, 15) is 4.79 Å². The van der Waals surface area contributed by atoms with Crippen LogP contribution in [0.1, 0.15) is 18.5 Å². The van der Waals surface area contributed by atoms with Gasteiger partial charge < -0.3 is 5.32 Å². The summed E-state index contributed by atoms with van der Waals surface area (Å²) in [7, 11) is 1.84. The molecule has 0 fully saturated rings. The van der Waals surface area contributed by atoms with Gasteiger partial charge in [-0.05, 0) is 13.0 Å². The lowest BCUT2D eigenvalue weighted by molar-refractivity contribution is -0.117. The number of hydrogen-bond acceptors (Lipinski definition) is 2. The van der Waals surface area contributed by atoms with E-state index in [1.165, 1.54) is 6.08 Å². The van der Waals surface area contributed by atoms with Crippen molar-refractivity contribution in [2.75, 3.05) is 0 Å². The molecule has 1 aromatic heterocycles. The van der Waals surface area contributed by atoms with Crippen molar-refractivity contribution in [1.29, 1.82) is 0 Å². The predicted octanol–water partition coefficient (Wildman–Crippen LogP) is 0.783. The van der Waals surface area contributed by atoms with Gasteiger partial charge >= 0.3 is 0 Å². The van der Waals surface area contributed by atoms with Gasteiger partial charge in [0.05, 0.1) is 12.2 Å². The number of nitrogens with zero attached hydrogens (tertiary/aromatic N) is 2. The molecule has 1 atom stereocenters. The van der Waals surface area contributed by atoms with Crippen LogP contribution < -0.4 is 5.32 Å². The zero-order chi connectivity index (χ0) is 9.84. The number of hydrogen-bond donors (Lipinski definition) is 1. The molecule has 0 aliphatic heterocycles. The highest BCUT2D eigenvalue weighted by molar-refractivity contribution is 5.87. The monoisotopic (exact) mass is 179 g/mol. The number of aromatic nitrogens is 2. The molecule has 0 saturated carbocycles. The topological polar surface area (TPSA) is 46.9 Å². The van der Waals surface area contributed by atoms with Crippen molar-refractivity contribution in [3.8, 4) is 0 Å². The Morgan fingerprint density at radius 2 is 2.54 bits per heavy atom. The zero-order valence-corrected chi connectivity index (χ0v) is 7.82. The quantitative estimate of drug-likeness (QED) is 0.697. The minimum Gasteiger partial charge on any atom is -0.346 e. The van der Waals surface area contributed by atoms with Crippen LogP contribution in [0.5, 0.6) is 0 Å². The Kier molecular flexibility index (Phi) is 2.84. The maximum atomic E-state index is 10.9. The van der Waals surface area contributed by atoms with Gasteiger partial charge in [-0.1, -0.05) is 6.58 Å². The lowest BCUT2D eigenvalue weighted by atomic mass is 10.2. The highest BCUT2D eigenvalue weighted by atomic mass is 16.1. The summed E-state index contributed by atoms with van der Waals surface area (Å²) < 4.78 is 1.70. The Morgan fingerprint density at radius 1 is 1.85 bits per heavy atom. The highest BCUT2D eigenvalue weighted by Gasteiger charge is 2.08. The standard InChI is InChI=1S/C9H13N3O/c1-4-9(13)11-7(2)8-5-10-12(3)6-8/h4-7H,1H2,2-3H3,(H,11,13)/t7-/m1/s1. The van der Waals surface area contributed by atoms with Gasteiger partial charge in [-0.2, -0.15) is 5.10 Å². The number of aryl methyl sites for hydroxylation is 1. The minimum absolute atomic E-state index is 0.0285. The van der Waals surface area contributed by atoms with Crippen LogP contribution in [0.2, 0.25) is 0 Å². The van der Waals surface area contributed by atoms with Crippen LogP contribution in [0.4, 0.5) is 0 Å². The molecule has 70 valence electrons. The summed E-state index contributed by atoms with van der Waals surface area (Å²) in [6, 6.07) is -0.0285. The smallest absolute Gasteiger partial charge is 0.243 e. The molecule has 0 saturated heterocycles. The molecule has 0 spiro atoms. The molecular weight excluding hydrogens is 166 g/mol. The van der Waals surface area contributed by atoms with Gasteiger partial charge in [0.25, 0.3) is 0 Å². The van der Waals surface area contributed by atoms with Gasteiger partial charge in [0.2, 0.25) is 5.91 Å². The van der Waals surface area contributed by atoms with Crippen LogP contribution in [0.25, 0.3) is 0 Å². The molecule has 1 aromatic rings. The lowest BCUT2D eigenvalue weighted by Crippen LogP contribution is -2.24. The first kappa shape index (κ1) is 9.51. The zero-order valence-electron chi connectivity index (χ0n) is 7.82. The molecule has 4 nitrogen and oxygen atoms in total. The molecule has 0 radical (unpaired) electrons. The molecule has 1 N–H and O–H groups in total.